The van der Waals surface area contributed by atoms with Gasteiger partial charge in [-0.3, -0.25) is 0 Å². The van der Waals surface area contributed by atoms with Crippen LogP contribution in [0, 0.1) is 13.8 Å². The molecule has 2 nitrogen and oxygen atoms in total. The molecule has 1 aliphatic heterocycles. The van der Waals surface area contributed by atoms with E-state index in [1.165, 1.54) is 76.5 Å². The van der Waals surface area contributed by atoms with E-state index in [9.17, 15) is 0 Å². The molecule has 0 saturated heterocycles. The molecule has 0 spiro atoms. The van der Waals surface area contributed by atoms with Crippen molar-refractivity contribution < 1.29 is 4.74 Å². The number of ether oxygens (including phenoxy) is 1. The highest BCUT2D eigenvalue weighted by molar-refractivity contribution is 6.16. The summed E-state index contributed by atoms with van der Waals surface area (Å²) >= 11 is 0. The van der Waals surface area contributed by atoms with Crippen LogP contribution in [0.3, 0.4) is 0 Å². The molecule has 286 valence electrons. The van der Waals surface area contributed by atoms with Gasteiger partial charge in [-0.25, -0.2) is 0 Å². The van der Waals surface area contributed by atoms with Crippen molar-refractivity contribution in [2.75, 3.05) is 11.9 Å². The fraction of sp³-hybridized carbons (Fsp3) is 0.0877. The maximum Gasteiger partial charge on any atom is 0.151 e. The molecule has 59 heavy (non-hydrogen) atoms. The number of aryl methyl sites for hydroxylation is 2. The molecule has 0 amide bonds. The van der Waals surface area contributed by atoms with Gasteiger partial charge in [-0.1, -0.05) is 160 Å². The molecule has 0 fully saturated rings. The smallest absolute Gasteiger partial charge is 0.151 e. The molecule has 0 N–H and O–H groups in total. The minimum Gasteiger partial charge on any atom is -0.453 e. The number of benzene rings is 10. The highest BCUT2D eigenvalue weighted by Crippen LogP contribution is 2.49. The van der Waals surface area contributed by atoms with E-state index in [0.717, 1.165) is 45.1 Å². The van der Waals surface area contributed by atoms with Gasteiger partial charge >= 0.3 is 0 Å². The first-order valence-corrected chi connectivity index (χ1v) is 19.7. The van der Waals surface area contributed by atoms with Gasteiger partial charge in [-0.05, 0) is 149 Å². The van der Waals surface area contributed by atoms with E-state index >= 15 is 0 Å². The van der Waals surface area contributed by atoms with Gasteiger partial charge in [0.05, 0.1) is 11.4 Å². The van der Waals surface area contributed by atoms with Gasteiger partial charge < -0.3 is 9.64 Å². The molecule has 2 heteroatoms. The Bertz CT molecular complexity index is 2930. The van der Waals surface area contributed by atoms with Crippen LogP contribution in [0.2, 0.25) is 0 Å². The lowest BCUT2D eigenvalue weighted by molar-refractivity contribution is 0.476. The van der Waals surface area contributed by atoms with E-state index in [0.29, 0.717) is 0 Å². The molecule has 0 atom stereocenters. The molecule has 1 heterocycles. The summed E-state index contributed by atoms with van der Waals surface area (Å²) in [7, 11) is 2.13. The topological polar surface area (TPSA) is 12.5 Å². The third-order valence-corrected chi connectivity index (χ3v) is 12.2. The molecule has 1 aliphatic rings. The van der Waals surface area contributed by atoms with E-state index in [1.807, 2.05) is 0 Å². The van der Waals surface area contributed by atoms with Gasteiger partial charge in [0.15, 0.2) is 11.5 Å². The molecule has 11 rings (SSSR count). The maximum absolute atomic E-state index is 6.82. The van der Waals surface area contributed by atoms with Gasteiger partial charge in [0.2, 0.25) is 0 Å². The summed E-state index contributed by atoms with van der Waals surface area (Å²) < 4.78 is 6.82. The Hall–Kier alpha value is -7.16. The molecule has 0 radical (unpaired) electrons. The Kier molecular flexibility index (Phi) is 9.29. The summed E-state index contributed by atoms with van der Waals surface area (Å²) in [5.41, 5.74) is 14.3. The third-order valence-electron chi connectivity index (χ3n) is 12.2. The van der Waals surface area contributed by atoms with E-state index < -0.39 is 0 Å². The van der Waals surface area contributed by atoms with Gasteiger partial charge in [-0.15, -0.1) is 0 Å². The molecule has 0 saturated carbocycles. The van der Waals surface area contributed by atoms with E-state index in [1.54, 1.807) is 0 Å². The average Bonchev–Trinajstić information content (AvgIpc) is 3.27. The number of anilines is 2. The molecular formula is C57H47NO. The largest absolute Gasteiger partial charge is 0.453 e. The predicted molar refractivity (Wildman–Crippen MR) is 256 cm³/mol. The molecule has 0 unspecified atom stereocenters. The minimum absolute atomic E-state index is 0. The summed E-state index contributed by atoms with van der Waals surface area (Å²) in [6.45, 7) is 4.48. The van der Waals surface area contributed by atoms with Crippen LogP contribution in [0.15, 0.2) is 182 Å². The molecule has 10 aromatic rings. The highest BCUT2D eigenvalue weighted by atomic mass is 16.5. The van der Waals surface area contributed by atoms with Crippen LogP contribution in [-0.4, -0.2) is 7.05 Å². The van der Waals surface area contributed by atoms with Crippen molar-refractivity contribution in [1.82, 2.24) is 0 Å². The van der Waals surface area contributed by atoms with E-state index in [2.05, 4.69) is 208 Å². The quantitative estimate of drug-likeness (QED) is 0.166. The molecular weight excluding hydrogens is 715 g/mol. The Morgan fingerprint density at radius 3 is 0.983 bits per heavy atom. The first-order chi connectivity index (χ1) is 28.0. The minimum atomic E-state index is 0. The Labute approximate surface area is 347 Å². The van der Waals surface area contributed by atoms with Crippen LogP contribution in [0.5, 0.6) is 11.5 Å². The van der Waals surface area contributed by atoms with Gasteiger partial charge in [0.25, 0.3) is 0 Å². The summed E-state index contributed by atoms with van der Waals surface area (Å²) in [4.78, 5) is 2.24. The van der Waals surface area contributed by atoms with Crippen molar-refractivity contribution in [2.24, 2.45) is 0 Å². The Morgan fingerprint density at radius 2 is 0.627 bits per heavy atom. The van der Waals surface area contributed by atoms with Crippen LogP contribution in [0.4, 0.5) is 11.4 Å². The van der Waals surface area contributed by atoms with E-state index in [4.69, 9.17) is 4.74 Å². The number of nitrogens with zero attached hydrogens (tertiary/aromatic N) is 1. The van der Waals surface area contributed by atoms with E-state index in [-0.39, 0.29) is 14.9 Å². The second-order valence-electron chi connectivity index (χ2n) is 15.4. The summed E-state index contributed by atoms with van der Waals surface area (Å²) in [5, 5.41) is 10.3. The van der Waals surface area contributed by atoms with Gasteiger partial charge in [-0.2, -0.15) is 0 Å². The molecule has 0 aliphatic carbocycles. The van der Waals surface area contributed by atoms with Crippen LogP contribution in [0.25, 0.3) is 87.6 Å². The fourth-order valence-corrected chi connectivity index (χ4v) is 9.38. The standard InChI is InChI=1S/C55H39NO.2CH4/c1-34-42-18-4-8-22-46(42)54(47-23-9-5-19-43(34)47)40-16-12-14-36(30-40)38-26-28-50-52(32-38)57-53-33-39(27-29-51(53)56(50)3)37-15-13-17-41(31-37)55-48-24-10-6-20-44(48)35(2)45-21-7-11-25-49(45)55;;/h4-33H,1-3H3;2*1H4. The fourth-order valence-electron chi connectivity index (χ4n) is 9.38. The van der Waals surface area contributed by atoms with Crippen molar-refractivity contribution in [2.45, 2.75) is 28.7 Å². The summed E-state index contributed by atoms with van der Waals surface area (Å²) in [6, 6.07) is 66.3. The highest BCUT2D eigenvalue weighted by Gasteiger charge is 2.24. The van der Waals surface area contributed by atoms with Crippen LogP contribution < -0.4 is 9.64 Å². The Morgan fingerprint density at radius 1 is 0.322 bits per heavy atom. The predicted octanol–water partition coefficient (Wildman–Crippen LogP) is 16.7. The Balaban J connectivity index is 0.00000224. The molecule has 0 bridgehead atoms. The zero-order valence-electron chi connectivity index (χ0n) is 32.2. The second-order valence-corrected chi connectivity index (χ2v) is 15.4. The third kappa shape index (κ3) is 5.94. The van der Waals surface area contributed by atoms with Crippen molar-refractivity contribution in [1.29, 1.82) is 0 Å². The zero-order chi connectivity index (χ0) is 38.2. The molecule has 10 aromatic carbocycles. The van der Waals surface area contributed by atoms with Crippen molar-refractivity contribution in [3.05, 3.63) is 193 Å². The SMILES string of the molecule is C.C.Cc1c2ccccc2c(-c2cccc(-c3ccc4c(c3)Oc3cc(-c5cccc(-c6c7ccccc7c(C)c7ccccc67)c5)ccc3N4C)c2)c2ccccc12. The summed E-state index contributed by atoms with van der Waals surface area (Å²) in [6.07, 6.45) is 0. The average molecular weight is 762 g/mol. The van der Waals surface area contributed by atoms with Gasteiger partial charge in [0, 0.05) is 7.05 Å². The van der Waals surface area contributed by atoms with Crippen molar-refractivity contribution in [3.8, 4) is 56.0 Å². The lowest BCUT2D eigenvalue weighted by Gasteiger charge is -2.30. The van der Waals surface area contributed by atoms with Crippen molar-refractivity contribution in [3.63, 3.8) is 0 Å². The first kappa shape index (κ1) is 37.4. The van der Waals surface area contributed by atoms with Crippen LogP contribution >= 0.6 is 0 Å². The lowest BCUT2D eigenvalue weighted by atomic mass is 9.88. The first-order valence-electron chi connectivity index (χ1n) is 19.7. The number of fused-ring (bicyclic) bond motifs is 6. The lowest BCUT2D eigenvalue weighted by Crippen LogP contribution is -2.15. The molecule has 0 aromatic heterocycles. The zero-order valence-corrected chi connectivity index (χ0v) is 32.2. The van der Waals surface area contributed by atoms with Gasteiger partial charge in [0.1, 0.15) is 0 Å². The van der Waals surface area contributed by atoms with Crippen LogP contribution in [-0.2, 0) is 0 Å². The number of rotatable bonds is 4. The second kappa shape index (κ2) is 14.7. The van der Waals surface area contributed by atoms with Crippen LogP contribution in [0.1, 0.15) is 26.0 Å². The van der Waals surface area contributed by atoms with Crippen molar-refractivity contribution >= 4 is 54.5 Å². The number of hydrogen-bond donors (Lipinski definition) is 0. The number of hydrogen-bond acceptors (Lipinski definition) is 2. The maximum atomic E-state index is 6.82. The normalized spacial score (nSPS) is 11.8. The monoisotopic (exact) mass is 761 g/mol. The summed E-state index contributed by atoms with van der Waals surface area (Å²) in [5.74, 6) is 1.70.